The highest BCUT2D eigenvalue weighted by molar-refractivity contribution is 7.09. The lowest BCUT2D eigenvalue weighted by Crippen LogP contribution is -2.36. The molecule has 0 aliphatic rings. The minimum atomic E-state index is 0.625. The van der Waals surface area contributed by atoms with Crippen molar-refractivity contribution in [3.8, 4) is 11.3 Å². The summed E-state index contributed by atoms with van der Waals surface area (Å²) < 4.78 is 0. The van der Waals surface area contributed by atoms with E-state index in [-0.39, 0.29) is 0 Å². The van der Waals surface area contributed by atoms with Gasteiger partial charge >= 0.3 is 0 Å². The zero-order chi connectivity index (χ0) is 17.3. The van der Waals surface area contributed by atoms with Gasteiger partial charge in [0, 0.05) is 23.2 Å². The van der Waals surface area contributed by atoms with Crippen LogP contribution in [0.4, 0.5) is 0 Å². The van der Waals surface area contributed by atoms with Crippen LogP contribution in [0, 0.1) is 0 Å². The summed E-state index contributed by atoms with van der Waals surface area (Å²) in [4.78, 5) is 10.4. The molecule has 3 rings (SSSR count). The molecule has 1 aromatic carbocycles. The van der Waals surface area contributed by atoms with Gasteiger partial charge < -0.3 is 10.6 Å². The Kier molecular flexibility index (Phi) is 6.17. The van der Waals surface area contributed by atoms with Crippen LogP contribution in [-0.2, 0) is 13.1 Å². The van der Waals surface area contributed by atoms with Crippen molar-refractivity contribution in [3.05, 3.63) is 76.6 Å². The molecule has 0 amide bonds. The Bertz CT molecular complexity index is 798. The molecule has 0 radical (unpaired) electrons. The van der Waals surface area contributed by atoms with Crippen molar-refractivity contribution in [1.29, 1.82) is 0 Å². The molecule has 2 aromatic heterocycles. The van der Waals surface area contributed by atoms with Crippen molar-refractivity contribution in [3.63, 3.8) is 0 Å². The molecule has 4 nitrogen and oxygen atoms in total. The molecule has 3 aromatic rings. The number of thiophene rings is 1. The number of nitrogens with one attached hydrogen (secondary N) is 2. The Balaban J connectivity index is 1.67. The molecule has 128 valence electrons. The minimum Gasteiger partial charge on any atom is -0.357 e. The zero-order valence-corrected chi connectivity index (χ0v) is 15.1. The summed E-state index contributed by atoms with van der Waals surface area (Å²) in [7, 11) is 0. The van der Waals surface area contributed by atoms with Gasteiger partial charge in [0.2, 0.25) is 0 Å². The SMILES string of the molecule is CCNC(=NCc1cccc(-c2ccccn2)c1)NCc1cccs1. The lowest BCUT2D eigenvalue weighted by molar-refractivity contribution is 0.823. The maximum absolute atomic E-state index is 4.70. The van der Waals surface area contributed by atoms with E-state index in [1.165, 1.54) is 4.88 Å². The number of hydrogen-bond acceptors (Lipinski definition) is 3. The summed E-state index contributed by atoms with van der Waals surface area (Å²) in [6.45, 7) is 4.33. The first-order valence-electron chi connectivity index (χ1n) is 8.40. The van der Waals surface area contributed by atoms with Gasteiger partial charge in [0.05, 0.1) is 18.8 Å². The molecule has 0 saturated heterocycles. The summed E-state index contributed by atoms with van der Waals surface area (Å²) in [5.41, 5.74) is 3.26. The number of guanidine groups is 1. The zero-order valence-electron chi connectivity index (χ0n) is 14.3. The predicted molar refractivity (Wildman–Crippen MR) is 106 cm³/mol. The molecule has 0 atom stereocenters. The number of rotatable bonds is 6. The van der Waals surface area contributed by atoms with Gasteiger partial charge in [0.15, 0.2) is 5.96 Å². The molecule has 0 bridgehead atoms. The van der Waals surface area contributed by atoms with E-state index in [2.05, 4.69) is 64.3 Å². The van der Waals surface area contributed by atoms with Crippen LogP contribution in [0.2, 0.25) is 0 Å². The maximum atomic E-state index is 4.70. The number of hydrogen-bond donors (Lipinski definition) is 2. The summed E-state index contributed by atoms with van der Waals surface area (Å²) in [5, 5.41) is 8.76. The van der Waals surface area contributed by atoms with E-state index >= 15 is 0 Å². The molecule has 0 spiro atoms. The van der Waals surface area contributed by atoms with Gasteiger partial charge in [-0.25, -0.2) is 4.99 Å². The second-order valence-electron chi connectivity index (χ2n) is 5.54. The standard InChI is InChI=1S/C20H22N4S/c1-2-21-20(24-15-18-9-6-12-25-18)23-14-16-7-5-8-17(13-16)19-10-3-4-11-22-19/h3-13H,2,14-15H2,1H3,(H2,21,23,24). The largest absolute Gasteiger partial charge is 0.357 e. The van der Waals surface area contributed by atoms with Crippen LogP contribution in [0.3, 0.4) is 0 Å². The van der Waals surface area contributed by atoms with Crippen molar-refractivity contribution >= 4 is 17.3 Å². The Morgan fingerprint density at radius 3 is 2.80 bits per heavy atom. The maximum Gasteiger partial charge on any atom is 0.191 e. The van der Waals surface area contributed by atoms with Gasteiger partial charge in [-0.1, -0.05) is 30.3 Å². The number of benzene rings is 1. The quantitative estimate of drug-likeness (QED) is 0.520. The highest BCUT2D eigenvalue weighted by atomic mass is 32.1. The van der Waals surface area contributed by atoms with Gasteiger partial charge in [-0.15, -0.1) is 11.3 Å². The highest BCUT2D eigenvalue weighted by Gasteiger charge is 2.02. The summed E-state index contributed by atoms with van der Waals surface area (Å²) in [6, 6.07) is 18.5. The first kappa shape index (κ1) is 17.2. The van der Waals surface area contributed by atoms with E-state index in [4.69, 9.17) is 4.99 Å². The topological polar surface area (TPSA) is 49.3 Å². The third kappa shape index (κ3) is 5.16. The number of aliphatic imine (C=N–C) groups is 1. The molecule has 0 saturated carbocycles. The van der Waals surface area contributed by atoms with Crippen molar-refractivity contribution in [2.45, 2.75) is 20.0 Å². The first-order chi connectivity index (χ1) is 12.3. The van der Waals surface area contributed by atoms with Crippen molar-refractivity contribution in [2.75, 3.05) is 6.54 Å². The van der Waals surface area contributed by atoms with E-state index in [1.807, 2.05) is 24.4 Å². The Labute approximate surface area is 152 Å². The monoisotopic (exact) mass is 350 g/mol. The average Bonchev–Trinajstić information content (AvgIpc) is 3.18. The Morgan fingerprint density at radius 2 is 2.04 bits per heavy atom. The van der Waals surface area contributed by atoms with E-state index < -0.39 is 0 Å². The van der Waals surface area contributed by atoms with Crippen LogP contribution < -0.4 is 10.6 Å². The summed E-state index contributed by atoms with van der Waals surface area (Å²) >= 11 is 1.74. The highest BCUT2D eigenvalue weighted by Crippen LogP contribution is 2.18. The van der Waals surface area contributed by atoms with Crippen LogP contribution in [0.15, 0.2) is 71.2 Å². The first-order valence-corrected chi connectivity index (χ1v) is 9.28. The van der Waals surface area contributed by atoms with E-state index in [0.717, 1.165) is 35.9 Å². The second kappa shape index (κ2) is 8.99. The summed E-state index contributed by atoms with van der Waals surface area (Å²) in [6.07, 6.45) is 1.82. The van der Waals surface area contributed by atoms with Crippen molar-refractivity contribution in [2.24, 2.45) is 4.99 Å². The molecular formula is C20H22N4S. The van der Waals surface area contributed by atoms with Crippen LogP contribution in [0.5, 0.6) is 0 Å². The van der Waals surface area contributed by atoms with E-state index in [9.17, 15) is 0 Å². The number of pyridine rings is 1. The van der Waals surface area contributed by atoms with Gasteiger partial charge in [0.1, 0.15) is 0 Å². The van der Waals surface area contributed by atoms with E-state index in [0.29, 0.717) is 6.54 Å². The lowest BCUT2D eigenvalue weighted by atomic mass is 10.1. The van der Waals surface area contributed by atoms with Gasteiger partial charge in [-0.05, 0) is 42.1 Å². The minimum absolute atomic E-state index is 0.625. The van der Waals surface area contributed by atoms with Gasteiger partial charge in [0.25, 0.3) is 0 Å². The fraction of sp³-hybridized carbons (Fsp3) is 0.200. The molecule has 25 heavy (non-hydrogen) atoms. The smallest absolute Gasteiger partial charge is 0.191 e. The van der Waals surface area contributed by atoms with Crippen LogP contribution in [-0.4, -0.2) is 17.5 Å². The Hall–Kier alpha value is -2.66. The molecule has 0 unspecified atom stereocenters. The van der Waals surface area contributed by atoms with Crippen molar-refractivity contribution in [1.82, 2.24) is 15.6 Å². The fourth-order valence-electron chi connectivity index (χ4n) is 2.46. The lowest BCUT2D eigenvalue weighted by Gasteiger charge is -2.10. The second-order valence-corrected chi connectivity index (χ2v) is 6.58. The number of aromatic nitrogens is 1. The fourth-order valence-corrected chi connectivity index (χ4v) is 3.10. The van der Waals surface area contributed by atoms with Crippen LogP contribution in [0.25, 0.3) is 11.3 Å². The predicted octanol–water partition coefficient (Wildman–Crippen LogP) is 4.07. The molecule has 0 aliphatic carbocycles. The normalized spacial score (nSPS) is 11.3. The molecule has 2 N–H and O–H groups in total. The molecule has 0 aliphatic heterocycles. The van der Waals surface area contributed by atoms with Crippen LogP contribution >= 0.6 is 11.3 Å². The third-order valence-electron chi connectivity index (χ3n) is 3.66. The van der Waals surface area contributed by atoms with Crippen LogP contribution in [0.1, 0.15) is 17.4 Å². The average molecular weight is 350 g/mol. The van der Waals surface area contributed by atoms with Gasteiger partial charge in [-0.3, -0.25) is 4.98 Å². The Morgan fingerprint density at radius 1 is 1.08 bits per heavy atom. The van der Waals surface area contributed by atoms with Gasteiger partial charge in [-0.2, -0.15) is 0 Å². The third-order valence-corrected chi connectivity index (χ3v) is 4.54. The molecular weight excluding hydrogens is 328 g/mol. The van der Waals surface area contributed by atoms with E-state index in [1.54, 1.807) is 11.3 Å². The number of nitrogens with zero attached hydrogens (tertiary/aromatic N) is 2. The molecule has 5 heteroatoms. The van der Waals surface area contributed by atoms with Crippen molar-refractivity contribution < 1.29 is 0 Å². The molecule has 0 fully saturated rings. The summed E-state index contributed by atoms with van der Waals surface area (Å²) in [5.74, 6) is 0.833. The molecule has 2 heterocycles.